The van der Waals surface area contributed by atoms with E-state index in [2.05, 4.69) is 20.7 Å². The Bertz CT molecular complexity index is 913. The van der Waals surface area contributed by atoms with Crippen LogP contribution in [0.3, 0.4) is 0 Å². The maximum absolute atomic E-state index is 12.4. The first-order chi connectivity index (χ1) is 11.3. The van der Waals surface area contributed by atoms with E-state index in [1.807, 2.05) is 20.9 Å². The van der Waals surface area contributed by atoms with Crippen molar-refractivity contribution in [3.63, 3.8) is 0 Å². The van der Waals surface area contributed by atoms with Crippen LogP contribution in [0.15, 0.2) is 29.2 Å². The molecule has 1 amide bonds. The predicted octanol–water partition coefficient (Wildman–Crippen LogP) is 1.66. The standard InChI is InChI=1S/C17H21N3O3S/c1-11-8-13(12(2)20(11)3)6-7-18-24(22,23)15-4-5-16-14(9-15)10-17(21)19-16/h4-5,8-9,18H,6-7,10H2,1-3H3,(H,19,21). The minimum Gasteiger partial charge on any atom is -0.352 e. The SMILES string of the molecule is Cc1cc(CCNS(=O)(=O)c2ccc3c(c2)CC(=O)N3)c(C)n1C. The van der Waals surface area contributed by atoms with Crippen molar-refractivity contribution < 1.29 is 13.2 Å². The predicted molar refractivity (Wildman–Crippen MR) is 92.6 cm³/mol. The van der Waals surface area contributed by atoms with Crippen LogP contribution in [-0.2, 0) is 34.7 Å². The number of fused-ring (bicyclic) bond motifs is 1. The summed E-state index contributed by atoms with van der Waals surface area (Å²) in [4.78, 5) is 11.6. The molecule has 1 aliphatic rings. The van der Waals surface area contributed by atoms with Crippen molar-refractivity contribution >= 4 is 21.6 Å². The van der Waals surface area contributed by atoms with Gasteiger partial charge in [0.1, 0.15) is 0 Å². The number of rotatable bonds is 5. The summed E-state index contributed by atoms with van der Waals surface area (Å²) < 4.78 is 29.6. The van der Waals surface area contributed by atoms with Gasteiger partial charge in [0.15, 0.2) is 0 Å². The highest BCUT2D eigenvalue weighted by Crippen LogP contribution is 2.25. The minimum absolute atomic E-state index is 0.109. The van der Waals surface area contributed by atoms with Crippen molar-refractivity contribution in [2.45, 2.75) is 31.6 Å². The second-order valence-electron chi connectivity index (χ2n) is 6.15. The lowest BCUT2D eigenvalue weighted by Gasteiger charge is -2.08. The summed E-state index contributed by atoms with van der Waals surface area (Å²) in [6.45, 7) is 4.39. The lowest BCUT2D eigenvalue weighted by Crippen LogP contribution is -2.26. The molecule has 0 unspecified atom stereocenters. The summed E-state index contributed by atoms with van der Waals surface area (Å²) in [6.07, 6.45) is 0.860. The zero-order valence-electron chi connectivity index (χ0n) is 14.0. The van der Waals surface area contributed by atoms with Gasteiger partial charge in [-0.15, -0.1) is 0 Å². The summed E-state index contributed by atoms with van der Waals surface area (Å²) in [5, 5.41) is 2.70. The Morgan fingerprint density at radius 2 is 2.00 bits per heavy atom. The second kappa shape index (κ2) is 6.07. The van der Waals surface area contributed by atoms with Crippen LogP contribution in [0, 0.1) is 13.8 Å². The van der Waals surface area contributed by atoms with Gasteiger partial charge in [0, 0.05) is 30.7 Å². The van der Waals surface area contributed by atoms with Gasteiger partial charge in [-0.2, -0.15) is 0 Å². The quantitative estimate of drug-likeness (QED) is 0.863. The topological polar surface area (TPSA) is 80.2 Å². The molecule has 0 fully saturated rings. The van der Waals surface area contributed by atoms with Crippen LogP contribution in [0.2, 0.25) is 0 Å². The highest BCUT2D eigenvalue weighted by molar-refractivity contribution is 7.89. The van der Waals surface area contributed by atoms with E-state index < -0.39 is 10.0 Å². The molecule has 3 rings (SSSR count). The molecule has 0 radical (unpaired) electrons. The number of aromatic nitrogens is 1. The van der Waals surface area contributed by atoms with Crippen LogP contribution in [0.1, 0.15) is 22.5 Å². The maximum Gasteiger partial charge on any atom is 0.240 e. The molecule has 128 valence electrons. The summed E-state index contributed by atoms with van der Waals surface area (Å²) in [5.74, 6) is -0.109. The fourth-order valence-corrected chi connectivity index (χ4v) is 4.04. The van der Waals surface area contributed by atoms with Crippen LogP contribution >= 0.6 is 0 Å². The lowest BCUT2D eigenvalue weighted by atomic mass is 10.2. The van der Waals surface area contributed by atoms with E-state index in [1.54, 1.807) is 12.1 Å². The van der Waals surface area contributed by atoms with Gasteiger partial charge < -0.3 is 9.88 Å². The Morgan fingerprint density at radius 3 is 2.67 bits per heavy atom. The number of amides is 1. The Balaban J connectivity index is 1.69. The van der Waals surface area contributed by atoms with Crippen LogP contribution < -0.4 is 10.0 Å². The molecule has 2 aromatic rings. The van der Waals surface area contributed by atoms with Gasteiger partial charge in [0.2, 0.25) is 15.9 Å². The van der Waals surface area contributed by atoms with Crippen molar-refractivity contribution in [2.24, 2.45) is 7.05 Å². The van der Waals surface area contributed by atoms with Crippen LogP contribution in [-0.4, -0.2) is 25.4 Å². The Labute approximate surface area is 141 Å². The summed E-state index contributed by atoms with van der Waals surface area (Å²) in [7, 11) is -1.58. The van der Waals surface area contributed by atoms with Gasteiger partial charge in [-0.05, 0) is 55.7 Å². The zero-order chi connectivity index (χ0) is 17.5. The molecule has 0 spiro atoms. The first-order valence-electron chi connectivity index (χ1n) is 7.82. The summed E-state index contributed by atoms with van der Waals surface area (Å²) in [6, 6.07) is 6.80. The number of carbonyl (C=O) groups excluding carboxylic acids is 1. The van der Waals surface area contributed by atoms with E-state index in [-0.39, 0.29) is 17.2 Å². The van der Waals surface area contributed by atoms with E-state index >= 15 is 0 Å². The van der Waals surface area contributed by atoms with Crippen molar-refractivity contribution in [1.82, 2.24) is 9.29 Å². The van der Waals surface area contributed by atoms with E-state index in [9.17, 15) is 13.2 Å². The van der Waals surface area contributed by atoms with E-state index in [4.69, 9.17) is 0 Å². The zero-order valence-corrected chi connectivity index (χ0v) is 14.8. The molecule has 2 heterocycles. The molecule has 0 bridgehead atoms. The van der Waals surface area contributed by atoms with Crippen LogP contribution in [0.4, 0.5) is 5.69 Å². The van der Waals surface area contributed by atoms with Gasteiger partial charge in [-0.25, -0.2) is 13.1 Å². The molecular weight excluding hydrogens is 326 g/mol. The van der Waals surface area contributed by atoms with Gasteiger partial charge >= 0.3 is 0 Å². The van der Waals surface area contributed by atoms with Gasteiger partial charge in [-0.3, -0.25) is 4.79 Å². The molecule has 0 aliphatic carbocycles. The molecule has 2 N–H and O–H groups in total. The number of nitrogens with one attached hydrogen (secondary N) is 2. The fraction of sp³-hybridized carbons (Fsp3) is 0.353. The third kappa shape index (κ3) is 3.09. The van der Waals surface area contributed by atoms with Crippen molar-refractivity contribution in [3.8, 4) is 0 Å². The molecule has 0 saturated heterocycles. The van der Waals surface area contributed by atoms with Crippen LogP contribution in [0.5, 0.6) is 0 Å². The second-order valence-corrected chi connectivity index (χ2v) is 7.91. The number of aryl methyl sites for hydroxylation is 1. The van der Waals surface area contributed by atoms with Gasteiger partial charge in [0.05, 0.1) is 11.3 Å². The number of hydrogen-bond acceptors (Lipinski definition) is 3. The third-order valence-electron chi connectivity index (χ3n) is 4.58. The molecular formula is C17H21N3O3S. The minimum atomic E-state index is -3.58. The normalized spacial score (nSPS) is 13.9. The first-order valence-corrected chi connectivity index (χ1v) is 9.30. The molecule has 7 heteroatoms. The maximum atomic E-state index is 12.4. The average Bonchev–Trinajstić information content (AvgIpc) is 3.01. The van der Waals surface area contributed by atoms with E-state index in [0.717, 1.165) is 22.5 Å². The highest BCUT2D eigenvalue weighted by atomic mass is 32.2. The molecule has 0 saturated carbocycles. The molecule has 24 heavy (non-hydrogen) atoms. The molecule has 6 nitrogen and oxygen atoms in total. The molecule has 1 aromatic carbocycles. The smallest absolute Gasteiger partial charge is 0.240 e. The Morgan fingerprint density at radius 1 is 1.25 bits per heavy atom. The van der Waals surface area contributed by atoms with Gasteiger partial charge in [0.25, 0.3) is 0 Å². The third-order valence-corrected chi connectivity index (χ3v) is 6.04. The Kier molecular flexibility index (Phi) is 4.23. The van der Waals surface area contributed by atoms with Crippen molar-refractivity contribution in [1.29, 1.82) is 0 Å². The summed E-state index contributed by atoms with van der Waals surface area (Å²) >= 11 is 0. The summed E-state index contributed by atoms with van der Waals surface area (Å²) in [5.41, 5.74) is 4.85. The molecule has 0 atom stereocenters. The van der Waals surface area contributed by atoms with Crippen molar-refractivity contribution in [3.05, 3.63) is 46.8 Å². The Hall–Kier alpha value is -2.12. The van der Waals surface area contributed by atoms with Gasteiger partial charge in [-0.1, -0.05) is 0 Å². The van der Waals surface area contributed by atoms with Crippen molar-refractivity contribution in [2.75, 3.05) is 11.9 Å². The fourth-order valence-electron chi connectivity index (χ4n) is 2.96. The lowest BCUT2D eigenvalue weighted by molar-refractivity contribution is -0.115. The number of carbonyl (C=O) groups is 1. The van der Waals surface area contributed by atoms with E-state index in [0.29, 0.717) is 18.7 Å². The molecule has 1 aromatic heterocycles. The number of hydrogen-bond donors (Lipinski definition) is 2. The average molecular weight is 347 g/mol. The largest absolute Gasteiger partial charge is 0.352 e. The number of anilines is 1. The number of sulfonamides is 1. The van der Waals surface area contributed by atoms with Crippen LogP contribution in [0.25, 0.3) is 0 Å². The molecule has 1 aliphatic heterocycles. The van der Waals surface area contributed by atoms with E-state index in [1.165, 1.54) is 6.07 Å². The first kappa shape index (κ1) is 16.7. The number of nitrogens with zero attached hydrogens (tertiary/aromatic N) is 1. The monoisotopic (exact) mass is 347 g/mol. The highest BCUT2D eigenvalue weighted by Gasteiger charge is 2.21. The number of benzene rings is 1.